The molecule has 19 heavy (non-hydrogen) atoms. The Hall–Kier alpha value is -2.43. The van der Waals surface area contributed by atoms with E-state index in [1.807, 2.05) is 31.2 Å². The van der Waals surface area contributed by atoms with E-state index in [0.29, 0.717) is 6.54 Å². The van der Waals surface area contributed by atoms with Crippen molar-refractivity contribution in [3.05, 3.63) is 63.6 Å². The van der Waals surface area contributed by atoms with Crippen molar-refractivity contribution >= 4 is 5.91 Å². The van der Waals surface area contributed by atoms with Crippen LogP contribution < -0.4 is 10.9 Å². The first-order valence-corrected chi connectivity index (χ1v) is 5.95. The Morgan fingerprint density at radius 2 is 2.00 bits per heavy atom. The maximum Gasteiger partial charge on any atom is 0.271 e. The number of aryl methyl sites for hydroxylation is 2. The topological polar surface area (TPSA) is 64.0 Å². The van der Waals surface area contributed by atoms with Gasteiger partial charge in [-0.15, -0.1) is 0 Å². The number of nitrogens with one attached hydrogen (secondary N) is 1. The Morgan fingerprint density at radius 3 is 2.68 bits per heavy atom. The molecule has 1 heterocycles. The number of nitrogens with zero attached hydrogens (tertiary/aromatic N) is 2. The summed E-state index contributed by atoms with van der Waals surface area (Å²) in [5.74, 6) is -0.293. The van der Waals surface area contributed by atoms with Crippen LogP contribution in [0.2, 0.25) is 0 Å². The van der Waals surface area contributed by atoms with Gasteiger partial charge in [-0.3, -0.25) is 9.59 Å². The Morgan fingerprint density at radius 1 is 1.26 bits per heavy atom. The van der Waals surface area contributed by atoms with Gasteiger partial charge in [-0.05, 0) is 24.1 Å². The molecule has 0 spiro atoms. The van der Waals surface area contributed by atoms with Crippen LogP contribution in [-0.4, -0.2) is 15.7 Å². The molecule has 0 aliphatic heterocycles. The van der Waals surface area contributed by atoms with Gasteiger partial charge >= 0.3 is 0 Å². The molecule has 0 saturated carbocycles. The molecule has 0 radical (unpaired) electrons. The number of carbonyl (C=O) groups excluding carboxylic acids is 1. The smallest absolute Gasteiger partial charge is 0.271 e. The highest BCUT2D eigenvalue weighted by Gasteiger charge is 2.08. The van der Waals surface area contributed by atoms with E-state index in [4.69, 9.17) is 0 Å². The molecular weight excluding hydrogens is 242 g/mol. The zero-order valence-corrected chi connectivity index (χ0v) is 10.9. The normalized spacial score (nSPS) is 10.2. The van der Waals surface area contributed by atoms with Crippen LogP contribution >= 0.6 is 0 Å². The highest BCUT2D eigenvalue weighted by Crippen LogP contribution is 2.06. The highest BCUT2D eigenvalue weighted by atomic mass is 16.2. The zero-order chi connectivity index (χ0) is 13.8. The van der Waals surface area contributed by atoms with E-state index in [1.165, 1.54) is 19.2 Å². The molecule has 0 unspecified atom stereocenters. The first-order valence-electron chi connectivity index (χ1n) is 5.95. The lowest BCUT2D eigenvalue weighted by molar-refractivity contribution is 0.0943. The number of rotatable bonds is 3. The average molecular weight is 257 g/mol. The second-order valence-electron chi connectivity index (χ2n) is 4.29. The van der Waals surface area contributed by atoms with Gasteiger partial charge in [-0.25, -0.2) is 4.68 Å². The third kappa shape index (κ3) is 3.07. The summed E-state index contributed by atoms with van der Waals surface area (Å²) in [5.41, 5.74) is 2.17. The molecule has 0 aliphatic rings. The molecule has 0 aliphatic carbocycles. The van der Waals surface area contributed by atoms with Gasteiger partial charge in [-0.1, -0.05) is 24.3 Å². The van der Waals surface area contributed by atoms with Gasteiger partial charge < -0.3 is 5.32 Å². The zero-order valence-electron chi connectivity index (χ0n) is 10.9. The lowest BCUT2D eigenvalue weighted by Gasteiger charge is -2.07. The van der Waals surface area contributed by atoms with Crippen molar-refractivity contribution in [1.82, 2.24) is 15.1 Å². The third-order valence-corrected chi connectivity index (χ3v) is 2.89. The Bertz CT molecular complexity index is 662. The van der Waals surface area contributed by atoms with E-state index in [2.05, 4.69) is 10.4 Å². The van der Waals surface area contributed by atoms with Crippen LogP contribution in [0.4, 0.5) is 0 Å². The molecule has 1 amide bonds. The van der Waals surface area contributed by atoms with E-state index in [1.54, 1.807) is 0 Å². The largest absolute Gasteiger partial charge is 0.347 e. The minimum Gasteiger partial charge on any atom is -0.347 e. The predicted octanol–water partition coefficient (Wildman–Crippen LogP) is 1.02. The van der Waals surface area contributed by atoms with Crippen LogP contribution in [0.3, 0.4) is 0 Å². The maximum atomic E-state index is 11.9. The van der Waals surface area contributed by atoms with Gasteiger partial charge in [0.25, 0.3) is 11.5 Å². The molecular formula is C14H15N3O2. The average Bonchev–Trinajstić information content (AvgIpc) is 2.40. The van der Waals surface area contributed by atoms with Gasteiger partial charge in [0.05, 0.1) is 0 Å². The minimum atomic E-state index is -0.293. The van der Waals surface area contributed by atoms with Crippen LogP contribution in [-0.2, 0) is 13.6 Å². The molecule has 0 saturated heterocycles. The summed E-state index contributed by atoms with van der Waals surface area (Å²) in [5, 5.41) is 6.69. The van der Waals surface area contributed by atoms with Crippen molar-refractivity contribution in [2.75, 3.05) is 0 Å². The van der Waals surface area contributed by atoms with Crippen molar-refractivity contribution in [2.45, 2.75) is 13.5 Å². The second kappa shape index (κ2) is 5.48. The van der Waals surface area contributed by atoms with Gasteiger partial charge in [0, 0.05) is 19.7 Å². The molecule has 2 rings (SSSR count). The summed E-state index contributed by atoms with van der Waals surface area (Å²) in [6.45, 7) is 2.43. The number of hydrogen-bond acceptors (Lipinski definition) is 3. The third-order valence-electron chi connectivity index (χ3n) is 2.89. The second-order valence-corrected chi connectivity index (χ2v) is 4.29. The van der Waals surface area contributed by atoms with Crippen molar-refractivity contribution in [3.8, 4) is 0 Å². The number of hydrogen-bond donors (Lipinski definition) is 1. The Kier molecular flexibility index (Phi) is 3.75. The molecule has 0 bridgehead atoms. The van der Waals surface area contributed by atoms with E-state index in [-0.39, 0.29) is 17.2 Å². The highest BCUT2D eigenvalue weighted by molar-refractivity contribution is 5.91. The fourth-order valence-corrected chi connectivity index (χ4v) is 1.70. The van der Waals surface area contributed by atoms with E-state index in [0.717, 1.165) is 15.8 Å². The monoisotopic (exact) mass is 257 g/mol. The standard InChI is InChI=1S/C14H15N3O2/c1-10-5-3-4-6-11(10)9-15-14(19)12-7-8-13(18)17(2)16-12/h3-8H,9H2,1-2H3,(H,15,19). The van der Waals surface area contributed by atoms with Crippen molar-refractivity contribution < 1.29 is 4.79 Å². The fourth-order valence-electron chi connectivity index (χ4n) is 1.70. The molecule has 1 aromatic carbocycles. The van der Waals surface area contributed by atoms with Crippen molar-refractivity contribution in [2.24, 2.45) is 7.05 Å². The number of amides is 1. The first-order chi connectivity index (χ1) is 9.08. The van der Waals surface area contributed by atoms with Crippen LogP contribution in [0.1, 0.15) is 21.6 Å². The lowest BCUT2D eigenvalue weighted by Crippen LogP contribution is -2.28. The molecule has 0 atom stereocenters. The summed E-state index contributed by atoms with van der Waals surface area (Å²) in [6.07, 6.45) is 0. The molecule has 0 fully saturated rings. The van der Waals surface area contributed by atoms with Crippen molar-refractivity contribution in [3.63, 3.8) is 0 Å². The van der Waals surface area contributed by atoms with Crippen LogP contribution in [0.5, 0.6) is 0 Å². The van der Waals surface area contributed by atoms with Crippen LogP contribution in [0.15, 0.2) is 41.2 Å². The molecule has 98 valence electrons. The summed E-state index contributed by atoms with van der Waals surface area (Å²) in [6, 6.07) is 10.6. The van der Waals surface area contributed by atoms with Gasteiger partial charge in [0.15, 0.2) is 0 Å². The van der Waals surface area contributed by atoms with E-state index >= 15 is 0 Å². The molecule has 1 aromatic heterocycles. The van der Waals surface area contributed by atoms with Gasteiger partial charge in [0.1, 0.15) is 5.69 Å². The quantitative estimate of drug-likeness (QED) is 0.892. The predicted molar refractivity (Wildman–Crippen MR) is 71.8 cm³/mol. The summed E-state index contributed by atoms with van der Waals surface area (Å²) >= 11 is 0. The number of aromatic nitrogens is 2. The lowest BCUT2D eigenvalue weighted by atomic mass is 10.1. The molecule has 2 aromatic rings. The summed E-state index contributed by atoms with van der Waals surface area (Å²) in [7, 11) is 1.51. The maximum absolute atomic E-state index is 11.9. The van der Waals surface area contributed by atoms with Gasteiger partial charge in [0.2, 0.25) is 0 Å². The van der Waals surface area contributed by atoms with Crippen LogP contribution in [0.25, 0.3) is 0 Å². The minimum absolute atomic E-state index is 0.232. The molecule has 5 heteroatoms. The van der Waals surface area contributed by atoms with Crippen LogP contribution in [0, 0.1) is 6.92 Å². The molecule has 5 nitrogen and oxygen atoms in total. The first kappa shape index (κ1) is 13.0. The SMILES string of the molecule is Cc1ccccc1CNC(=O)c1ccc(=O)n(C)n1. The van der Waals surface area contributed by atoms with Crippen molar-refractivity contribution in [1.29, 1.82) is 0 Å². The Labute approximate surface area is 110 Å². The van der Waals surface area contributed by atoms with E-state index < -0.39 is 0 Å². The summed E-state index contributed by atoms with van der Waals surface area (Å²) in [4.78, 5) is 23.1. The van der Waals surface area contributed by atoms with Gasteiger partial charge in [-0.2, -0.15) is 5.10 Å². The fraction of sp³-hybridized carbons (Fsp3) is 0.214. The number of carbonyl (C=O) groups is 1. The Balaban J connectivity index is 2.08. The van der Waals surface area contributed by atoms with E-state index in [9.17, 15) is 9.59 Å². The summed E-state index contributed by atoms with van der Waals surface area (Å²) < 4.78 is 1.14. The molecule has 1 N–H and O–H groups in total. The number of benzene rings is 1.